The molecule has 0 aliphatic rings. The highest BCUT2D eigenvalue weighted by Crippen LogP contribution is 1.83. The van der Waals surface area contributed by atoms with Crippen molar-refractivity contribution in [3.05, 3.63) is 0 Å². The molecule has 1 N–H and O–H groups in total. The lowest BCUT2D eigenvalue weighted by molar-refractivity contribution is -0.148. The van der Waals surface area contributed by atoms with E-state index in [4.69, 9.17) is 0 Å². The fourth-order valence-electron chi connectivity index (χ4n) is 0.353. The first kappa shape index (κ1) is 9.86. The fraction of sp³-hybridized carbons (Fsp3) is 0.600. The van der Waals surface area contributed by atoms with Gasteiger partial charge in [-0.3, -0.25) is 14.5 Å². The molecule has 0 radical (unpaired) electrons. The molecule has 0 bridgehead atoms. The van der Waals surface area contributed by atoms with Crippen molar-refractivity contribution in [1.82, 2.24) is 10.5 Å². The molecule has 64 valence electrons. The Labute approximate surface area is 64.0 Å². The minimum absolute atomic E-state index is 0.231. The third-order valence-electron chi connectivity index (χ3n) is 0.796. The van der Waals surface area contributed by atoms with Gasteiger partial charge in [-0.25, -0.2) is 10.3 Å². The Hall–Kier alpha value is -1.14. The van der Waals surface area contributed by atoms with Gasteiger partial charge in [0.05, 0.1) is 13.7 Å². The van der Waals surface area contributed by atoms with E-state index >= 15 is 0 Å². The molecule has 0 saturated heterocycles. The van der Waals surface area contributed by atoms with Crippen LogP contribution in [-0.4, -0.2) is 31.2 Å². The maximum Gasteiger partial charge on any atom is 0.372 e. The molecule has 0 aliphatic carbocycles. The lowest BCUT2D eigenvalue weighted by Gasteiger charge is -2.11. The third-order valence-corrected chi connectivity index (χ3v) is 0.796. The van der Waals surface area contributed by atoms with E-state index in [-0.39, 0.29) is 6.41 Å². The van der Waals surface area contributed by atoms with Crippen molar-refractivity contribution in [3.63, 3.8) is 0 Å². The molecule has 0 fully saturated rings. The van der Waals surface area contributed by atoms with E-state index in [1.165, 1.54) is 7.11 Å². The highest BCUT2D eigenvalue weighted by Gasteiger charge is 2.10. The van der Waals surface area contributed by atoms with Crippen LogP contribution in [0.4, 0.5) is 4.79 Å². The van der Waals surface area contributed by atoms with Gasteiger partial charge >= 0.3 is 6.03 Å². The number of imide groups is 1. The Morgan fingerprint density at radius 2 is 2.36 bits per heavy atom. The molecule has 0 aromatic carbocycles. The molecule has 0 saturated carbocycles. The van der Waals surface area contributed by atoms with Gasteiger partial charge in [-0.15, -0.1) is 5.06 Å². The average Bonchev–Trinajstić information content (AvgIpc) is 2.03. The minimum atomic E-state index is -0.760. The summed E-state index contributed by atoms with van der Waals surface area (Å²) in [5, 5.41) is 0.468. The topological polar surface area (TPSA) is 67.9 Å². The lowest BCUT2D eigenvalue weighted by Crippen LogP contribution is -2.38. The number of hydrogen-bond donors (Lipinski definition) is 1. The molecule has 0 unspecified atom stereocenters. The number of hydroxylamine groups is 3. The summed E-state index contributed by atoms with van der Waals surface area (Å²) in [6.45, 7) is 2.01. The van der Waals surface area contributed by atoms with Gasteiger partial charge in [0.25, 0.3) is 0 Å². The molecule has 0 heterocycles. The molecule has 0 spiro atoms. The summed E-state index contributed by atoms with van der Waals surface area (Å²) in [4.78, 5) is 29.6. The van der Waals surface area contributed by atoms with E-state index in [0.29, 0.717) is 11.7 Å². The van der Waals surface area contributed by atoms with Crippen molar-refractivity contribution >= 4 is 12.4 Å². The zero-order valence-electron chi connectivity index (χ0n) is 6.36. The van der Waals surface area contributed by atoms with E-state index in [1.807, 2.05) is 5.48 Å². The van der Waals surface area contributed by atoms with Gasteiger partial charge in [-0.2, -0.15) is 0 Å². The van der Waals surface area contributed by atoms with Gasteiger partial charge < -0.3 is 0 Å². The van der Waals surface area contributed by atoms with Crippen LogP contribution >= 0.6 is 0 Å². The van der Waals surface area contributed by atoms with Crippen molar-refractivity contribution in [2.45, 2.75) is 6.92 Å². The zero-order valence-corrected chi connectivity index (χ0v) is 6.36. The van der Waals surface area contributed by atoms with E-state index in [0.717, 1.165) is 0 Å². The Bertz CT molecular complexity index is 138. The van der Waals surface area contributed by atoms with Crippen LogP contribution in [0.2, 0.25) is 0 Å². The monoisotopic (exact) mass is 162 g/mol. The standard InChI is InChI=1S/C5H10N2O4/c1-3-11-6-5(9)7(4-8)10-2/h4H,3H2,1-2H3,(H,6,9). The highest BCUT2D eigenvalue weighted by molar-refractivity contribution is 5.82. The summed E-state index contributed by atoms with van der Waals surface area (Å²) in [6, 6.07) is -0.760. The Balaban J connectivity index is 3.69. The van der Waals surface area contributed by atoms with Crippen molar-refractivity contribution in [3.8, 4) is 0 Å². The van der Waals surface area contributed by atoms with Crippen molar-refractivity contribution < 1.29 is 19.3 Å². The van der Waals surface area contributed by atoms with E-state index < -0.39 is 6.03 Å². The van der Waals surface area contributed by atoms with Crippen molar-refractivity contribution in [1.29, 1.82) is 0 Å². The van der Waals surface area contributed by atoms with Crippen LogP contribution in [0.25, 0.3) is 0 Å². The first-order valence-electron chi connectivity index (χ1n) is 2.96. The summed E-state index contributed by atoms with van der Waals surface area (Å²) in [5.74, 6) is 0. The van der Waals surface area contributed by atoms with Crippen LogP contribution in [0, 0.1) is 0 Å². The molecule has 0 aliphatic heterocycles. The van der Waals surface area contributed by atoms with Gasteiger partial charge in [0.2, 0.25) is 6.41 Å². The molecular weight excluding hydrogens is 152 g/mol. The summed E-state index contributed by atoms with van der Waals surface area (Å²) in [5.41, 5.74) is 1.96. The van der Waals surface area contributed by atoms with E-state index in [2.05, 4.69) is 9.68 Å². The number of hydrogen-bond acceptors (Lipinski definition) is 4. The second kappa shape index (κ2) is 5.63. The summed E-state index contributed by atoms with van der Waals surface area (Å²) < 4.78 is 0. The summed E-state index contributed by atoms with van der Waals surface area (Å²) in [7, 11) is 1.19. The van der Waals surface area contributed by atoms with Gasteiger partial charge in [0.15, 0.2) is 0 Å². The summed E-state index contributed by atoms with van der Waals surface area (Å²) in [6.07, 6.45) is 0.231. The van der Waals surface area contributed by atoms with Gasteiger partial charge in [0, 0.05) is 0 Å². The normalized spacial score (nSPS) is 8.91. The Morgan fingerprint density at radius 1 is 1.73 bits per heavy atom. The molecule has 11 heavy (non-hydrogen) atoms. The van der Waals surface area contributed by atoms with Crippen LogP contribution in [0.15, 0.2) is 0 Å². The van der Waals surface area contributed by atoms with Crippen LogP contribution in [-0.2, 0) is 14.5 Å². The molecular formula is C5H10N2O4. The zero-order chi connectivity index (χ0) is 8.69. The van der Waals surface area contributed by atoms with E-state index in [9.17, 15) is 9.59 Å². The SMILES string of the molecule is CCONC(=O)N(C=O)OC. The maximum absolute atomic E-state index is 10.7. The maximum atomic E-state index is 10.7. The highest BCUT2D eigenvalue weighted by atomic mass is 16.7. The number of carbonyl (C=O) groups excluding carboxylic acids is 2. The quantitative estimate of drug-likeness (QED) is 0.454. The van der Waals surface area contributed by atoms with E-state index in [1.54, 1.807) is 6.92 Å². The molecule has 6 nitrogen and oxygen atoms in total. The Kier molecular flexibility index (Phi) is 5.05. The van der Waals surface area contributed by atoms with Crippen LogP contribution < -0.4 is 5.48 Å². The number of carbonyl (C=O) groups is 2. The van der Waals surface area contributed by atoms with Crippen LogP contribution in [0.3, 0.4) is 0 Å². The smallest absolute Gasteiger partial charge is 0.276 e. The predicted octanol–water partition coefficient (Wildman–Crippen LogP) is -0.333. The van der Waals surface area contributed by atoms with Crippen LogP contribution in [0.1, 0.15) is 6.92 Å². The predicted molar refractivity (Wildman–Crippen MR) is 35.1 cm³/mol. The molecule has 6 heteroatoms. The number of nitrogens with one attached hydrogen (secondary N) is 1. The van der Waals surface area contributed by atoms with Crippen molar-refractivity contribution in [2.75, 3.05) is 13.7 Å². The molecule has 0 atom stereocenters. The van der Waals surface area contributed by atoms with Gasteiger partial charge in [-0.05, 0) is 6.92 Å². The largest absolute Gasteiger partial charge is 0.372 e. The minimum Gasteiger partial charge on any atom is -0.276 e. The van der Waals surface area contributed by atoms with Crippen LogP contribution in [0.5, 0.6) is 0 Å². The van der Waals surface area contributed by atoms with Crippen molar-refractivity contribution in [2.24, 2.45) is 0 Å². The number of amides is 3. The first-order valence-corrected chi connectivity index (χ1v) is 2.96. The summed E-state index contributed by atoms with van der Waals surface area (Å²) >= 11 is 0. The van der Waals surface area contributed by atoms with Gasteiger partial charge in [-0.1, -0.05) is 0 Å². The first-order chi connectivity index (χ1) is 5.26. The number of rotatable bonds is 4. The molecule has 3 amide bonds. The number of urea groups is 1. The van der Waals surface area contributed by atoms with Gasteiger partial charge in [0.1, 0.15) is 0 Å². The molecule has 0 aromatic rings. The molecule has 0 rings (SSSR count). The fourth-order valence-corrected chi connectivity index (χ4v) is 0.353. The lowest BCUT2D eigenvalue weighted by atomic mass is 10.9. The second-order valence-corrected chi connectivity index (χ2v) is 1.45. The Morgan fingerprint density at radius 3 is 2.73 bits per heavy atom. The average molecular weight is 162 g/mol. The molecule has 0 aromatic heterocycles. The second-order valence-electron chi connectivity index (χ2n) is 1.45. The third kappa shape index (κ3) is 3.54. The number of nitrogens with zero attached hydrogens (tertiary/aromatic N) is 1.